The van der Waals surface area contributed by atoms with Crippen LogP contribution < -0.4 is 0 Å². The molecule has 4 nitrogen and oxygen atoms in total. The van der Waals surface area contributed by atoms with Gasteiger partial charge in [-0.05, 0) is 19.3 Å². The number of unbranched alkanes of at least 4 members (excludes halogenated alkanes) is 1. The molecule has 0 aliphatic carbocycles. The molecule has 0 fully saturated rings. The van der Waals surface area contributed by atoms with Gasteiger partial charge in [-0.2, -0.15) is 0 Å². The van der Waals surface area contributed by atoms with Gasteiger partial charge in [0.2, 0.25) is 0 Å². The minimum absolute atomic E-state index is 0.0245. The quantitative estimate of drug-likeness (QED) is 0.617. The van der Waals surface area contributed by atoms with Gasteiger partial charge in [0.15, 0.2) is 0 Å². The first-order valence-corrected chi connectivity index (χ1v) is 4.72. The van der Waals surface area contributed by atoms with E-state index in [1.807, 2.05) is 6.92 Å². The van der Waals surface area contributed by atoms with Crippen LogP contribution in [0.3, 0.4) is 0 Å². The Hall–Kier alpha value is -1.32. The number of carboxylic acid groups (broad SMARTS) is 2. The largest absolute Gasteiger partial charge is 0.481 e. The van der Waals surface area contributed by atoms with Crippen LogP contribution in [0.15, 0.2) is 11.6 Å². The highest BCUT2D eigenvalue weighted by Gasteiger charge is 2.07. The molecule has 0 rings (SSSR count). The molecule has 0 unspecified atom stereocenters. The third kappa shape index (κ3) is 6.22. The summed E-state index contributed by atoms with van der Waals surface area (Å²) in [7, 11) is 0. The van der Waals surface area contributed by atoms with Crippen molar-refractivity contribution in [3.8, 4) is 0 Å². The summed E-state index contributed by atoms with van der Waals surface area (Å²) in [6, 6.07) is 0. The van der Waals surface area contributed by atoms with Crippen LogP contribution in [0.25, 0.3) is 0 Å². The zero-order chi connectivity index (χ0) is 11.0. The maximum absolute atomic E-state index is 10.7. The van der Waals surface area contributed by atoms with Crippen molar-refractivity contribution in [2.45, 2.75) is 39.0 Å². The van der Waals surface area contributed by atoms with Gasteiger partial charge in [-0.15, -0.1) is 0 Å². The van der Waals surface area contributed by atoms with E-state index in [9.17, 15) is 9.59 Å². The van der Waals surface area contributed by atoms with Gasteiger partial charge in [0, 0.05) is 12.0 Å². The lowest BCUT2D eigenvalue weighted by molar-refractivity contribution is -0.137. The number of hydrogen-bond donors (Lipinski definition) is 2. The molecular weight excluding hydrogens is 184 g/mol. The zero-order valence-corrected chi connectivity index (χ0v) is 8.32. The van der Waals surface area contributed by atoms with E-state index in [0.717, 1.165) is 12.8 Å². The molecule has 2 N–H and O–H groups in total. The van der Waals surface area contributed by atoms with Gasteiger partial charge in [-0.25, -0.2) is 4.79 Å². The molecule has 0 bridgehead atoms. The summed E-state index contributed by atoms with van der Waals surface area (Å²) in [5.74, 6) is -1.82. The first-order valence-electron chi connectivity index (χ1n) is 4.72. The minimum atomic E-state index is -0.941. The fourth-order valence-corrected chi connectivity index (χ4v) is 1.04. The second kappa shape index (κ2) is 7.12. The van der Waals surface area contributed by atoms with Gasteiger partial charge in [0.05, 0.1) is 0 Å². The lowest BCUT2D eigenvalue weighted by atomic mass is 10.1. The molecule has 0 aromatic heterocycles. The molecule has 0 amide bonds. The number of hydrogen-bond acceptors (Lipinski definition) is 2. The number of aliphatic carboxylic acids is 2. The summed E-state index contributed by atoms with van der Waals surface area (Å²) in [4.78, 5) is 20.9. The van der Waals surface area contributed by atoms with Crippen molar-refractivity contribution in [2.24, 2.45) is 0 Å². The fourth-order valence-electron chi connectivity index (χ4n) is 1.04. The molecular formula is C10H16O4. The van der Waals surface area contributed by atoms with Crippen molar-refractivity contribution in [2.75, 3.05) is 0 Å². The minimum Gasteiger partial charge on any atom is -0.481 e. The Balaban J connectivity index is 3.98. The Kier molecular flexibility index (Phi) is 6.45. The standard InChI is InChI=1S/C10H16O4/c1-2-3-5-8(10(13)14)6-4-7-9(11)12/h5H,2-4,6-7H2,1H3,(H,11,12)(H,13,14). The van der Waals surface area contributed by atoms with Gasteiger partial charge in [0.1, 0.15) is 0 Å². The van der Waals surface area contributed by atoms with E-state index < -0.39 is 11.9 Å². The van der Waals surface area contributed by atoms with Crippen LogP contribution in [-0.4, -0.2) is 22.2 Å². The summed E-state index contributed by atoms with van der Waals surface area (Å²) < 4.78 is 0. The molecule has 4 heteroatoms. The Bertz CT molecular complexity index is 230. The van der Waals surface area contributed by atoms with Gasteiger partial charge >= 0.3 is 11.9 Å². The van der Waals surface area contributed by atoms with Gasteiger partial charge < -0.3 is 10.2 Å². The first-order chi connectivity index (χ1) is 6.57. The average Bonchev–Trinajstić information content (AvgIpc) is 2.09. The molecule has 0 aromatic carbocycles. The second-order valence-electron chi connectivity index (χ2n) is 3.07. The van der Waals surface area contributed by atoms with Crippen LogP contribution in [0, 0.1) is 0 Å². The predicted molar refractivity (Wildman–Crippen MR) is 52.1 cm³/mol. The van der Waals surface area contributed by atoms with Crippen LogP contribution >= 0.6 is 0 Å². The smallest absolute Gasteiger partial charge is 0.331 e. The molecule has 80 valence electrons. The lowest BCUT2D eigenvalue weighted by Gasteiger charge is -2.00. The van der Waals surface area contributed by atoms with Crippen LogP contribution in [0.2, 0.25) is 0 Å². The predicted octanol–water partition coefficient (Wildman–Crippen LogP) is 2.05. The Morgan fingerprint density at radius 1 is 1.21 bits per heavy atom. The molecule has 14 heavy (non-hydrogen) atoms. The topological polar surface area (TPSA) is 74.6 Å². The maximum Gasteiger partial charge on any atom is 0.331 e. The van der Waals surface area contributed by atoms with Crippen LogP contribution in [-0.2, 0) is 9.59 Å². The van der Waals surface area contributed by atoms with Crippen molar-refractivity contribution >= 4 is 11.9 Å². The molecule has 0 saturated heterocycles. The molecule has 0 spiro atoms. The molecule has 0 atom stereocenters. The zero-order valence-electron chi connectivity index (χ0n) is 8.32. The summed E-state index contributed by atoms with van der Waals surface area (Å²) in [5, 5.41) is 17.1. The van der Waals surface area contributed by atoms with Crippen molar-refractivity contribution < 1.29 is 19.8 Å². The normalized spacial score (nSPS) is 11.4. The molecule has 0 heterocycles. The maximum atomic E-state index is 10.7. The van der Waals surface area contributed by atoms with Gasteiger partial charge in [0.25, 0.3) is 0 Å². The third-order valence-corrected chi connectivity index (χ3v) is 1.79. The van der Waals surface area contributed by atoms with Crippen LogP contribution in [0.1, 0.15) is 39.0 Å². The number of rotatable bonds is 7. The highest BCUT2D eigenvalue weighted by molar-refractivity contribution is 5.86. The molecule has 0 aliphatic heterocycles. The van der Waals surface area contributed by atoms with Gasteiger partial charge in [-0.3, -0.25) is 4.79 Å². The Labute approximate surface area is 83.2 Å². The van der Waals surface area contributed by atoms with Crippen LogP contribution in [0.5, 0.6) is 0 Å². The van der Waals surface area contributed by atoms with Crippen molar-refractivity contribution in [1.29, 1.82) is 0 Å². The van der Waals surface area contributed by atoms with E-state index in [1.54, 1.807) is 6.08 Å². The van der Waals surface area contributed by atoms with Crippen molar-refractivity contribution in [1.82, 2.24) is 0 Å². The highest BCUT2D eigenvalue weighted by Crippen LogP contribution is 2.09. The number of allylic oxidation sites excluding steroid dienone is 1. The first kappa shape index (κ1) is 12.7. The van der Waals surface area contributed by atoms with E-state index >= 15 is 0 Å². The Morgan fingerprint density at radius 2 is 1.86 bits per heavy atom. The van der Waals surface area contributed by atoms with E-state index in [4.69, 9.17) is 10.2 Å². The van der Waals surface area contributed by atoms with Crippen molar-refractivity contribution in [3.63, 3.8) is 0 Å². The summed E-state index contributed by atoms with van der Waals surface area (Å²) in [6.07, 6.45) is 4.05. The number of carboxylic acids is 2. The van der Waals surface area contributed by atoms with E-state index in [1.165, 1.54) is 0 Å². The number of carbonyl (C=O) groups is 2. The summed E-state index contributed by atoms with van der Waals surface area (Å²) >= 11 is 0. The third-order valence-electron chi connectivity index (χ3n) is 1.79. The van der Waals surface area contributed by atoms with Gasteiger partial charge in [-0.1, -0.05) is 19.4 Å². The van der Waals surface area contributed by atoms with Crippen molar-refractivity contribution in [3.05, 3.63) is 11.6 Å². The monoisotopic (exact) mass is 200 g/mol. The van der Waals surface area contributed by atoms with Crippen LogP contribution in [0.4, 0.5) is 0 Å². The second-order valence-corrected chi connectivity index (χ2v) is 3.07. The fraction of sp³-hybridized carbons (Fsp3) is 0.600. The summed E-state index contributed by atoms with van der Waals surface area (Å²) in [6.45, 7) is 1.97. The summed E-state index contributed by atoms with van der Waals surface area (Å²) in [5.41, 5.74) is 0.327. The van der Waals surface area contributed by atoms with E-state index in [-0.39, 0.29) is 6.42 Å². The molecule has 0 aliphatic rings. The SMILES string of the molecule is CCCC=C(CCCC(=O)O)C(=O)O. The molecule has 0 radical (unpaired) electrons. The molecule has 0 saturated carbocycles. The van der Waals surface area contributed by atoms with E-state index in [2.05, 4.69) is 0 Å². The van der Waals surface area contributed by atoms with E-state index in [0.29, 0.717) is 18.4 Å². The highest BCUT2D eigenvalue weighted by atomic mass is 16.4. The Morgan fingerprint density at radius 3 is 2.29 bits per heavy atom. The lowest BCUT2D eigenvalue weighted by Crippen LogP contribution is -2.02. The molecule has 0 aromatic rings. The average molecular weight is 200 g/mol.